The summed E-state index contributed by atoms with van der Waals surface area (Å²) >= 11 is 0. The zero-order chi connectivity index (χ0) is 20.2. The molecule has 164 valence electrons. The first kappa shape index (κ1) is 26.8. The zero-order valence-corrected chi connectivity index (χ0v) is 18.0. The van der Waals surface area contributed by atoms with Crippen molar-refractivity contribution < 1.29 is 19.7 Å². The summed E-state index contributed by atoms with van der Waals surface area (Å²) in [5.41, 5.74) is 5.51. The Morgan fingerprint density at radius 1 is 0.593 bits per heavy atom. The van der Waals surface area contributed by atoms with Gasteiger partial charge in [0, 0.05) is 13.2 Å². The van der Waals surface area contributed by atoms with Crippen molar-refractivity contribution in [1.29, 1.82) is 0 Å². The number of rotatable bonds is 21. The van der Waals surface area contributed by atoms with Crippen molar-refractivity contribution in [2.75, 3.05) is 19.8 Å². The first-order valence-electron chi connectivity index (χ1n) is 11.4. The number of unbranched alkanes of at least 4 members (excludes halogenated alkanes) is 10. The Morgan fingerprint density at radius 2 is 0.963 bits per heavy atom. The third kappa shape index (κ3) is 18.9. The van der Waals surface area contributed by atoms with Crippen LogP contribution in [-0.4, -0.2) is 48.5 Å². The molecule has 0 aliphatic heterocycles. The molecule has 0 rings (SSSR count). The minimum Gasteiger partial charge on any atom is -0.396 e. The molecule has 5 heteroatoms. The topological polar surface area (TPSA) is 84.9 Å². The van der Waals surface area contributed by atoms with Gasteiger partial charge in [0.15, 0.2) is 6.29 Å². The molecule has 0 radical (unpaired) electrons. The smallest absolute Gasteiger partial charge is 0.158 e. The van der Waals surface area contributed by atoms with E-state index in [9.17, 15) is 0 Å². The van der Waals surface area contributed by atoms with E-state index in [1.807, 2.05) is 13.8 Å². The van der Waals surface area contributed by atoms with Gasteiger partial charge >= 0.3 is 0 Å². The fourth-order valence-corrected chi connectivity index (χ4v) is 3.23. The van der Waals surface area contributed by atoms with Crippen LogP contribution >= 0.6 is 0 Å². The van der Waals surface area contributed by atoms with Gasteiger partial charge in [-0.2, -0.15) is 0 Å². The van der Waals surface area contributed by atoms with Gasteiger partial charge in [0.1, 0.15) is 0 Å². The number of hydrogen-bond donors (Lipinski definition) is 3. The lowest BCUT2D eigenvalue weighted by atomic mass is 10.1. The molecule has 0 fully saturated rings. The van der Waals surface area contributed by atoms with E-state index < -0.39 is 0 Å². The van der Waals surface area contributed by atoms with E-state index >= 15 is 0 Å². The van der Waals surface area contributed by atoms with Crippen molar-refractivity contribution in [1.82, 2.24) is 0 Å². The number of ether oxygens (including phenoxy) is 2. The Kier molecular flexibility index (Phi) is 20.4. The van der Waals surface area contributed by atoms with Gasteiger partial charge in [0.05, 0.1) is 12.2 Å². The van der Waals surface area contributed by atoms with Crippen LogP contribution in [0.5, 0.6) is 0 Å². The van der Waals surface area contributed by atoms with Crippen LogP contribution < -0.4 is 5.73 Å². The van der Waals surface area contributed by atoms with Gasteiger partial charge in [0.25, 0.3) is 0 Å². The third-order valence-corrected chi connectivity index (χ3v) is 4.98. The van der Waals surface area contributed by atoms with Crippen LogP contribution in [0.25, 0.3) is 0 Å². The summed E-state index contributed by atoms with van der Waals surface area (Å²) in [6.07, 6.45) is 16.0. The first-order valence-corrected chi connectivity index (χ1v) is 11.4. The standard InChI is InChI=1S/C22H47NO4/c1-20(15-18-24)26-22(27-21(2)16-19-25)14-12-10-8-6-4-3-5-7-9-11-13-17-23/h20-22,24-25H,3-19,23H2,1-2H3. The molecule has 0 saturated heterocycles. The van der Waals surface area contributed by atoms with Crippen LogP contribution in [-0.2, 0) is 9.47 Å². The van der Waals surface area contributed by atoms with Crippen molar-refractivity contribution in [2.45, 2.75) is 122 Å². The molecule has 27 heavy (non-hydrogen) atoms. The molecule has 0 aliphatic carbocycles. The maximum Gasteiger partial charge on any atom is 0.158 e. The van der Waals surface area contributed by atoms with Gasteiger partial charge in [-0.1, -0.05) is 57.8 Å². The molecule has 2 atom stereocenters. The molecule has 0 aromatic heterocycles. The summed E-state index contributed by atoms with van der Waals surface area (Å²) in [5.74, 6) is 0. The lowest BCUT2D eigenvalue weighted by Crippen LogP contribution is -2.28. The minimum atomic E-state index is -0.235. The highest BCUT2D eigenvalue weighted by Crippen LogP contribution is 2.17. The molecule has 4 N–H and O–H groups in total. The predicted molar refractivity (Wildman–Crippen MR) is 113 cm³/mol. The van der Waals surface area contributed by atoms with Crippen LogP contribution in [0.4, 0.5) is 0 Å². The average Bonchev–Trinajstić information content (AvgIpc) is 2.62. The molecular formula is C22H47NO4. The molecule has 0 amide bonds. The van der Waals surface area contributed by atoms with E-state index in [0.717, 1.165) is 19.4 Å². The molecule has 0 saturated carbocycles. The second kappa shape index (κ2) is 20.5. The minimum absolute atomic E-state index is 0.00817. The highest BCUT2D eigenvalue weighted by atomic mass is 16.7. The van der Waals surface area contributed by atoms with Crippen molar-refractivity contribution in [3.63, 3.8) is 0 Å². The summed E-state index contributed by atoms with van der Waals surface area (Å²) in [5, 5.41) is 18.1. The van der Waals surface area contributed by atoms with Gasteiger partial charge < -0.3 is 25.4 Å². The summed E-state index contributed by atoms with van der Waals surface area (Å²) in [4.78, 5) is 0. The summed E-state index contributed by atoms with van der Waals surface area (Å²) in [6.45, 7) is 5.04. The molecule has 0 aromatic rings. The Morgan fingerprint density at radius 3 is 1.33 bits per heavy atom. The fraction of sp³-hybridized carbons (Fsp3) is 1.00. The van der Waals surface area contributed by atoms with Gasteiger partial charge in [-0.3, -0.25) is 0 Å². The Balaban J connectivity index is 3.73. The van der Waals surface area contributed by atoms with E-state index in [2.05, 4.69) is 0 Å². The van der Waals surface area contributed by atoms with Crippen molar-refractivity contribution in [3.8, 4) is 0 Å². The largest absolute Gasteiger partial charge is 0.396 e. The molecule has 0 spiro atoms. The molecule has 2 unspecified atom stereocenters. The second-order valence-corrected chi connectivity index (χ2v) is 7.81. The van der Waals surface area contributed by atoms with E-state index in [0.29, 0.717) is 12.8 Å². The van der Waals surface area contributed by atoms with Crippen molar-refractivity contribution >= 4 is 0 Å². The summed E-state index contributed by atoms with van der Waals surface area (Å²) in [7, 11) is 0. The zero-order valence-electron chi connectivity index (χ0n) is 18.0. The summed E-state index contributed by atoms with van der Waals surface area (Å²) in [6, 6.07) is 0. The summed E-state index contributed by atoms with van der Waals surface area (Å²) < 4.78 is 11.9. The average molecular weight is 390 g/mol. The highest BCUT2D eigenvalue weighted by molar-refractivity contribution is 4.58. The number of aliphatic hydroxyl groups is 2. The number of nitrogens with two attached hydrogens (primary N) is 1. The van der Waals surface area contributed by atoms with Gasteiger partial charge in [-0.05, 0) is 52.5 Å². The Hall–Kier alpha value is -0.200. The second-order valence-electron chi connectivity index (χ2n) is 7.81. The monoisotopic (exact) mass is 389 g/mol. The molecule has 0 heterocycles. The van der Waals surface area contributed by atoms with Crippen LogP contribution in [0.15, 0.2) is 0 Å². The van der Waals surface area contributed by atoms with Gasteiger partial charge in [-0.25, -0.2) is 0 Å². The van der Waals surface area contributed by atoms with E-state index in [1.54, 1.807) is 0 Å². The maximum absolute atomic E-state index is 9.05. The molecule has 0 bridgehead atoms. The van der Waals surface area contributed by atoms with Gasteiger partial charge in [-0.15, -0.1) is 0 Å². The lowest BCUT2D eigenvalue weighted by molar-refractivity contribution is -0.195. The number of hydrogen-bond acceptors (Lipinski definition) is 5. The Labute approximate surface area is 168 Å². The Bertz CT molecular complexity index is 277. The number of aliphatic hydroxyl groups excluding tert-OH is 2. The molecule has 0 aliphatic rings. The highest BCUT2D eigenvalue weighted by Gasteiger charge is 2.16. The molecule has 0 aromatic carbocycles. The van der Waals surface area contributed by atoms with Crippen molar-refractivity contribution in [2.24, 2.45) is 5.73 Å². The van der Waals surface area contributed by atoms with Crippen LogP contribution in [0.3, 0.4) is 0 Å². The lowest BCUT2D eigenvalue weighted by Gasteiger charge is -2.25. The quantitative estimate of drug-likeness (QED) is 0.198. The normalized spacial score (nSPS) is 15.0. The fourth-order valence-electron chi connectivity index (χ4n) is 3.23. The molecular weight excluding hydrogens is 342 g/mol. The van der Waals surface area contributed by atoms with Crippen LogP contribution in [0, 0.1) is 0 Å². The van der Waals surface area contributed by atoms with Gasteiger partial charge in [0.2, 0.25) is 0 Å². The van der Waals surface area contributed by atoms with Crippen LogP contribution in [0.1, 0.15) is 104 Å². The first-order chi connectivity index (χ1) is 13.1. The van der Waals surface area contributed by atoms with Crippen molar-refractivity contribution in [3.05, 3.63) is 0 Å². The molecule has 5 nitrogen and oxygen atoms in total. The van der Waals surface area contributed by atoms with E-state index in [1.165, 1.54) is 64.2 Å². The van der Waals surface area contributed by atoms with E-state index in [-0.39, 0.29) is 31.7 Å². The SMILES string of the molecule is CC(CCO)OC(CCCCCCCCCCCCCN)OC(C)CCO. The predicted octanol–water partition coefficient (Wildman–Crippen LogP) is 4.53. The maximum atomic E-state index is 9.05. The van der Waals surface area contributed by atoms with Crippen LogP contribution in [0.2, 0.25) is 0 Å². The van der Waals surface area contributed by atoms with E-state index in [4.69, 9.17) is 25.4 Å². The third-order valence-electron chi connectivity index (χ3n) is 4.98.